The molecule has 0 aliphatic heterocycles. The molecule has 0 atom stereocenters. The van der Waals surface area contributed by atoms with E-state index in [2.05, 4.69) is 13.0 Å². The lowest BCUT2D eigenvalue weighted by Gasteiger charge is -2.09. The molecule has 0 saturated heterocycles. The number of carbonyl (C=O) groups excluding carboxylic acids is 1. The summed E-state index contributed by atoms with van der Waals surface area (Å²) < 4.78 is 5.41. The van der Waals surface area contributed by atoms with Gasteiger partial charge in [0.05, 0.1) is 5.56 Å². The molecule has 0 radical (unpaired) electrons. The van der Waals surface area contributed by atoms with E-state index in [1.165, 1.54) is 5.56 Å². The van der Waals surface area contributed by atoms with E-state index in [1.54, 1.807) is 0 Å². The van der Waals surface area contributed by atoms with Crippen molar-refractivity contribution in [2.75, 3.05) is 0 Å². The van der Waals surface area contributed by atoms with Gasteiger partial charge in [-0.05, 0) is 51.0 Å². The number of rotatable bonds is 3. The van der Waals surface area contributed by atoms with Gasteiger partial charge in [-0.2, -0.15) is 0 Å². The first-order valence-corrected chi connectivity index (χ1v) is 6.77. The lowest BCUT2D eigenvalue weighted by atomic mass is 10.1. The second-order valence-electron chi connectivity index (χ2n) is 5.38. The Kier molecular flexibility index (Phi) is 4.23. The van der Waals surface area contributed by atoms with E-state index in [0.29, 0.717) is 12.2 Å². The molecular weight excluding hydrogens is 248 g/mol. The van der Waals surface area contributed by atoms with Gasteiger partial charge >= 0.3 is 5.97 Å². The predicted octanol–water partition coefficient (Wildman–Crippen LogP) is 4.28. The number of hydrogen-bond donors (Lipinski definition) is 0. The Morgan fingerprint density at radius 3 is 2.15 bits per heavy atom. The molecule has 0 aliphatic rings. The Bertz CT molecular complexity index is 622. The fourth-order valence-electron chi connectivity index (χ4n) is 2.33. The number of benzene rings is 2. The summed E-state index contributed by atoms with van der Waals surface area (Å²) >= 11 is 0. The SMILES string of the molecule is Cc1cc(C)cc(C(=O)OCc2ccc(C)cc2C)c1. The molecule has 2 nitrogen and oxygen atoms in total. The van der Waals surface area contributed by atoms with Gasteiger partial charge < -0.3 is 4.74 Å². The van der Waals surface area contributed by atoms with E-state index in [0.717, 1.165) is 22.3 Å². The number of hydrogen-bond acceptors (Lipinski definition) is 2. The molecule has 0 N–H and O–H groups in total. The second kappa shape index (κ2) is 5.91. The second-order valence-corrected chi connectivity index (χ2v) is 5.38. The van der Waals surface area contributed by atoms with Crippen LogP contribution in [0.25, 0.3) is 0 Å². The van der Waals surface area contributed by atoms with Gasteiger partial charge in [-0.15, -0.1) is 0 Å². The largest absolute Gasteiger partial charge is 0.457 e. The van der Waals surface area contributed by atoms with Crippen LogP contribution in [0.1, 0.15) is 38.2 Å². The predicted molar refractivity (Wildman–Crippen MR) is 81.0 cm³/mol. The number of ether oxygens (including phenoxy) is 1. The normalized spacial score (nSPS) is 10.4. The first-order chi connectivity index (χ1) is 9.45. The zero-order valence-electron chi connectivity index (χ0n) is 12.5. The molecule has 0 fully saturated rings. The minimum atomic E-state index is -0.267. The highest BCUT2D eigenvalue weighted by Gasteiger charge is 2.09. The van der Waals surface area contributed by atoms with Gasteiger partial charge in [-0.3, -0.25) is 0 Å². The van der Waals surface area contributed by atoms with Crippen LogP contribution < -0.4 is 0 Å². The van der Waals surface area contributed by atoms with Gasteiger partial charge in [-0.1, -0.05) is 41.0 Å². The highest BCUT2D eigenvalue weighted by molar-refractivity contribution is 5.89. The van der Waals surface area contributed by atoms with Crippen LogP contribution in [0.4, 0.5) is 0 Å². The number of esters is 1. The lowest BCUT2D eigenvalue weighted by molar-refractivity contribution is 0.0472. The Labute approximate surface area is 120 Å². The highest BCUT2D eigenvalue weighted by Crippen LogP contribution is 2.14. The third-order valence-electron chi connectivity index (χ3n) is 3.31. The minimum Gasteiger partial charge on any atom is -0.457 e. The van der Waals surface area contributed by atoms with Crippen LogP contribution in [0.15, 0.2) is 36.4 Å². The first kappa shape index (κ1) is 14.3. The molecule has 0 amide bonds. The molecular formula is C18H20O2. The van der Waals surface area contributed by atoms with Crippen LogP contribution in [0.5, 0.6) is 0 Å². The zero-order chi connectivity index (χ0) is 14.7. The van der Waals surface area contributed by atoms with E-state index >= 15 is 0 Å². The average molecular weight is 268 g/mol. The molecule has 0 spiro atoms. The summed E-state index contributed by atoms with van der Waals surface area (Å²) in [5.41, 5.74) is 6.18. The topological polar surface area (TPSA) is 26.3 Å². The monoisotopic (exact) mass is 268 g/mol. The summed E-state index contributed by atoms with van der Waals surface area (Å²) in [4.78, 5) is 12.1. The molecule has 0 aromatic heterocycles. The van der Waals surface area contributed by atoms with E-state index in [1.807, 2.05) is 51.1 Å². The third-order valence-corrected chi connectivity index (χ3v) is 3.31. The maximum atomic E-state index is 12.1. The quantitative estimate of drug-likeness (QED) is 0.777. The maximum absolute atomic E-state index is 12.1. The summed E-state index contributed by atoms with van der Waals surface area (Å²) in [6.07, 6.45) is 0. The van der Waals surface area contributed by atoms with E-state index in [9.17, 15) is 4.79 Å². The van der Waals surface area contributed by atoms with Crippen molar-refractivity contribution in [3.8, 4) is 0 Å². The van der Waals surface area contributed by atoms with E-state index in [4.69, 9.17) is 4.74 Å². The molecule has 0 unspecified atom stereocenters. The van der Waals surface area contributed by atoms with Crippen molar-refractivity contribution >= 4 is 5.97 Å². The molecule has 0 bridgehead atoms. The van der Waals surface area contributed by atoms with E-state index in [-0.39, 0.29) is 5.97 Å². The number of aryl methyl sites for hydroxylation is 4. The van der Waals surface area contributed by atoms with Crippen molar-refractivity contribution < 1.29 is 9.53 Å². The summed E-state index contributed by atoms with van der Waals surface area (Å²) in [5, 5.41) is 0. The zero-order valence-corrected chi connectivity index (χ0v) is 12.5. The molecule has 2 aromatic carbocycles. The summed E-state index contributed by atoms with van der Waals surface area (Å²) in [7, 11) is 0. The van der Waals surface area contributed by atoms with Gasteiger partial charge in [-0.25, -0.2) is 4.79 Å². The van der Waals surface area contributed by atoms with Crippen LogP contribution in [0.3, 0.4) is 0 Å². The van der Waals surface area contributed by atoms with Crippen molar-refractivity contribution in [2.24, 2.45) is 0 Å². The van der Waals surface area contributed by atoms with Gasteiger partial charge in [0.1, 0.15) is 6.61 Å². The van der Waals surface area contributed by atoms with Crippen molar-refractivity contribution in [3.63, 3.8) is 0 Å². The van der Waals surface area contributed by atoms with Gasteiger partial charge in [0, 0.05) is 0 Å². The molecule has 20 heavy (non-hydrogen) atoms. The summed E-state index contributed by atoms with van der Waals surface area (Å²) in [6, 6.07) is 11.9. The van der Waals surface area contributed by atoms with E-state index < -0.39 is 0 Å². The molecule has 2 heteroatoms. The Morgan fingerprint density at radius 1 is 0.900 bits per heavy atom. The van der Waals surface area contributed by atoms with Crippen molar-refractivity contribution in [3.05, 3.63) is 69.8 Å². The van der Waals surface area contributed by atoms with Crippen molar-refractivity contribution in [1.29, 1.82) is 0 Å². The highest BCUT2D eigenvalue weighted by atomic mass is 16.5. The van der Waals surface area contributed by atoms with Crippen LogP contribution in [-0.4, -0.2) is 5.97 Å². The molecule has 104 valence electrons. The standard InChI is InChI=1S/C18H20O2/c1-12-5-6-16(15(4)8-12)11-20-18(19)17-9-13(2)7-14(3)10-17/h5-10H,11H2,1-4H3. The van der Waals surface area contributed by atoms with Crippen molar-refractivity contribution in [1.82, 2.24) is 0 Å². The Morgan fingerprint density at radius 2 is 1.55 bits per heavy atom. The van der Waals surface area contributed by atoms with Crippen molar-refractivity contribution in [2.45, 2.75) is 34.3 Å². The van der Waals surface area contributed by atoms with Crippen LogP contribution >= 0.6 is 0 Å². The summed E-state index contributed by atoms with van der Waals surface area (Å²) in [6.45, 7) is 8.37. The third kappa shape index (κ3) is 3.47. The lowest BCUT2D eigenvalue weighted by Crippen LogP contribution is -2.06. The fraction of sp³-hybridized carbons (Fsp3) is 0.278. The van der Waals surface area contributed by atoms with Gasteiger partial charge in [0.2, 0.25) is 0 Å². The minimum absolute atomic E-state index is 0.267. The molecule has 0 heterocycles. The number of carbonyl (C=O) groups is 1. The van der Waals surface area contributed by atoms with Crippen LogP contribution in [0, 0.1) is 27.7 Å². The van der Waals surface area contributed by atoms with Gasteiger partial charge in [0.25, 0.3) is 0 Å². The first-order valence-electron chi connectivity index (χ1n) is 6.77. The molecule has 2 aromatic rings. The maximum Gasteiger partial charge on any atom is 0.338 e. The molecule has 0 aliphatic carbocycles. The Balaban J connectivity index is 2.08. The summed E-state index contributed by atoms with van der Waals surface area (Å²) in [5.74, 6) is -0.267. The van der Waals surface area contributed by atoms with Crippen LogP contribution in [-0.2, 0) is 11.3 Å². The fourth-order valence-corrected chi connectivity index (χ4v) is 2.33. The molecule has 2 rings (SSSR count). The smallest absolute Gasteiger partial charge is 0.338 e. The van der Waals surface area contributed by atoms with Crippen LogP contribution in [0.2, 0.25) is 0 Å². The Hall–Kier alpha value is -2.09. The average Bonchev–Trinajstić information content (AvgIpc) is 2.36. The molecule has 0 saturated carbocycles. The van der Waals surface area contributed by atoms with Gasteiger partial charge in [0.15, 0.2) is 0 Å².